The Bertz CT molecular complexity index is 698. The van der Waals surface area contributed by atoms with Gasteiger partial charge < -0.3 is 15.1 Å². The zero-order chi connectivity index (χ0) is 15.7. The third-order valence-corrected chi connectivity index (χ3v) is 3.98. The maximum Gasteiger partial charge on any atom is 0.225 e. The number of nitrogens with zero attached hydrogens (tertiary/aromatic N) is 4. The van der Waals surface area contributed by atoms with Crippen molar-refractivity contribution in [1.29, 1.82) is 0 Å². The molecule has 2 heterocycles. The first kappa shape index (κ1) is 14.7. The van der Waals surface area contributed by atoms with Crippen LogP contribution >= 0.6 is 11.6 Å². The molecule has 1 aliphatic heterocycles. The van der Waals surface area contributed by atoms with Crippen LogP contribution in [0.5, 0.6) is 0 Å². The molecule has 1 N–H and O–H groups in total. The number of halogens is 1. The summed E-state index contributed by atoms with van der Waals surface area (Å²) in [5.74, 6) is 1.52. The first-order valence-electron chi connectivity index (χ1n) is 7.02. The maximum absolute atomic E-state index is 5.89. The molecule has 0 fully saturated rings. The zero-order valence-electron chi connectivity index (χ0n) is 12.7. The SMILES string of the molecule is C=C1CN(C)c2nc(NCc3ccc(Cl)cc3)ncc2N1C. The van der Waals surface area contributed by atoms with Crippen molar-refractivity contribution in [3.63, 3.8) is 0 Å². The first-order chi connectivity index (χ1) is 10.5. The molecule has 0 bridgehead atoms. The summed E-state index contributed by atoms with van der Waals surface area (Å²) < 4.78 is 0. The van der Waals surface area contributed by atoms with Crippen molar-refractivity contribution in [1.82, 2.24) is 9.97 Å². The van der Waals surface area contributed by atoms with Crippen LogP contribution in [0.25, 0.3) is 0 Å². The van der Waals surface area contributed by atoms with E-state index in [4.69, 9.17) is 11.6 Å². The number of benzene rings is 1. The standard InChI is InChI=1S/C16H18ClN5/c1-11-10-21(2)15-14(22(11)3)9-19-16(20-15)18-8-12-4-6-13(17)7-5-12/h4-7,9H,1,8,10H2,2-3H3,(H,18,19,20). The molecule has 0 saturated carbocycles. The Kier molecular flexibility index (Phi) is 3.90. The molecule has 22 heavy (non-hydrogen) atoms. The van der Waals surface area contributed by atoms with Gasteiger partial charge in [0.05, 0.1) is 12.7 Å². The fourth-order valence-corrected chi connectivity index (χ4v) is 2.50. The zero-order valence-corrected chi connectivity index (χ0v) is 13.4. The summed E-state index contributed by atoms with van der Waals surface area (Å²) in [4.78, 5) is 13.1. The van der Waals surface area contributed by atoms with Crippen LogP contribution in [-0.4, -0.2) is 30.6 Å². The third kappa shape index (κ3) is 2.85. The molecule has 0 amide bonds. The van der Waals surface area contributed by atoms with Gasteiger partial charge in [-0.1, -0.05) is 30.3 Å². The van der Waals surface area contributed by atoms with Crippen molar-refractivity contribution in [2.75, 3.05) is 35.8 Å². The van der Waals surface area contributed by atoms with Gasteiger partial charge in [0, 0.05) is 31.4 Å². The van der Waals surface area contributed by atoms with E-state index in [1.165, 1.54) is 0 Å². The molecular formula is C16H18ClN5. The second kappa shape index (κ2) is 5.85. The number of hydrogen-bond acceptors (Lipinski definition) is 5. The van der Waals surface area contributed by atoms with Crippen LogP contribution in [0.4, 0.5) is 17.5 Å². The molecule has 0 unspecified atom stereocenters. The van der Waals surface area contributed by atoms with Crippen LogP contribution in [0.15, 0.2) is 42.7 Å². The van der Waals surface area contributed by atoms with Gasteiger partial charge in [-0.15, -0.1) is 0 Å². The van der Waals surface area contributed by atoms with Crippen molar-refractivity contribution in [2.24, 2.45) is 0 Å². The van der Waals surface area contributed by atoms with Crippen LogP contribution in [0.2, 0.25) is 5.02 Å². The smallest absolute Gasteiger partial charge is 0.225 e. The maximum atomic E-state index is 5.89. The van der Waals surface area contributed by atoms with Gasteiger partial charge in [-0.2, -0.15) is 4.98 Å². The molecule has 0 radical (unpaired) electrons. The topological polar surface area (TPSA) is 44.3 Å². The molecule has 0 aliphatic carbocycles. The largest absolute Gasteiger partial charge is 0.352 e. The minimum absolute atomic E-state index is 0.612. The highest BCUT2D eigenvalue weighted by atomic mass is 35.5. The van der Waals surface area contributed by atoms with Gasteiger partial charge in [-0.25, -0.2) is 4.98 Å². The molecule has 3 rings (SSSR count). The van der Waals surface area contributed by atoms with Gasteiger partial charge >= 0.3 is 0 Å². The number of rotatable bonds is 3. The van der Waals surface area contributed by atoms with Gasteiger partial charge in [0.15, 0.2) is 5.82 Å². The molecule has 0 spiro atoms. The number of anilines is 3. The van der Waals surface area contributed by atoms with Gasteiger partial charge in [0.2, 0.25) is 5.95 Å². The molecule has 1 aliphatic rings. The molecule has 0 atom stereocenters. The summed E-state index contributed by atoms with van der Waals surface area (Å²) in [7, 11) is 3.99. The highest BCUT2D eigenvalue weighted by Gasteiger charge is 2.22. The Balaban J connectivity index is 1.77. The minimum Gasteiger partial charge on any atom is -0.352 e. The van der Waals surface area contributed by atoms with Crippen molar-refractivity contribution < 1.29 is 0 Å². The molecule has 114 valence electrons. The summed E-state index contributed by atoms with van der Waals surface area (Å²) >= 11 is 5.89. The van der Waals surface area contributed by atoms with E-state index in [2.05, 4.69) is 26.8 Å². The van der Waals surface area contributed by atoms with E-state index >= 15 is 0 Å². The van der Waals surface area contributed by atoms with E-state index < -0.39 is 0 Å². The van der Waals surface area contributed by atoms with E-state index in [-0.39, 0.29) is 0 Å². The summed E-state index contributed by atoms with van der Waals surface area (Å²) in [6, 6.07) is 7.72. The van der Waals surface area contributed by atoms with Crippen molar-refractivity contribution in [3.05, 3.63) is 53.3 Å². The minimum atomic E-state index is 0.612. The van der Waals surface area contributed by atoms with E-state index in [0.717, 1.165) is 34.3 Å². The summed E-state index contributed by atoms with van der Waals surface area (Å²) in [6.45, 7) is 5.47. The lowest BCUT2D eigenvalue weighted by atomic mass is 10.2. The molecular weight excluding hydrogens is 298 g/mol. The Morgan fingerprint density at radius 2 is 2.00 bits per heavy atom. The van der Waals surface area contributed by atoms with Crippen molar-refractivity contribution >= 4 is 29.1 Å². The molecule has 5 nitrogen and oxygen atoms in total. The predicted octanol–water partition coefficient (Wildman–Crippen LogP) is 3.14. The highest BCUT2D eigenvalue weighted by Crippen LogP contribution is 2.32. The number of hydrogen-bond donors (Lipinski definition) is 1. The molecule has 0 saturated heterocycles. The monoisotopic (exact) mass is 315 g/mol. The Morgan fingerprint density at radius 3 is 2.73 bits per heavy atom. The fraction of sp³-hybridized carbons (Fsp3) is 0.250. The van der Waals surface area contributed by atoms with Crippen LogP contribution in [0.3, 0.4) is 0 Å². The summed E-state index contributed by atoms with van der Waals surface area (Å²) in [5.41, 5.74) is 3.13. The summed E-state index contributed by atoms with van der Waals surface area (Å²) in [5, 5.41) is 3.98. The van der Waals surface area contributed by atoms with Crippen LogP contribution in [-0.2, 0) is 6.54 Å². The van der Waals surface area contributed by atoms with E-state index in [0.29, 0.717) is 12.5 Å². The molecule has 1 aromatic carbocycles. The average molecular weight is 316 g/mol. The average Bonchev–Trinajstić information content (AvgIpc) is 2.52. The predicted molar refractivity (Wildman–Crippen MR) is 91.6 cm³/mol. The van der Waals surface area contributed by atoms with E-state index in [1.54, 1.807) is 0 Å². The van der Waals surface area contributed by atoms with E-state index in [9.17, 15) is 0 Å². The van der Waals surface area contributed by atoms with Crippen LogP contribution in [0, 0.1) is 0 Å². The normalized spacial score (nSPS) is 14.0. The van der Waals surface area contributed by atoms with E-state index in [1.807, 2.05) is 49.5 Å². The van der Waals surface area contributed by atoms with Crippen LogP contribution in [0.1, 0.15) is 5.56 Å². The quantitative estimate of drug-likeness (QED) is 0.942. The molecule has 1 aromatic heterocycles. The number of likely N-dealkylation sites (N-methyl/N-ethyl adjacent to an activating group) is 2. The Hall–Kier alpha value is -2.27. The lowest BCUT2D eigenvalue weighted by Gasteiger charge is -2.34. The highest BCUT2D eigenvalue weighted by molar-refractivity contribution is 6.30. The number of nitrogens with one attached hydrogen (secondary N) is 1. The van der Waals surface area contributed by atoms with Crippen molar-refractivity contribution in [3.8, 4) is 0 Å². The van der Waals surface area contributed by atoms with Crippen molar-refractivity contribution in [2.45, 2.75) is 6.54 Å². The summed E-state index contributed by atoms with van der Waals surface area (Å²) in [6.07, 6.45) is 1.83. The lowest BCUT2D eigenvalue weighted by Crippen LogP contribution is -2.35. The molecule has 6 heteroatoms. The number of fused-ring (bicyclic) bond motifs is 1. The first-order valence-corrected chi connectivity index (χ1v) is 7.40. The Morgan fingerprint density at radius 1 is 1.27 bits per heavy atom. The van der Waals surface area contributed by atoms with Gasteiger partial charge in [0.1, 0.15) is 5.69 Å². The molecule has 2 aromatic rings. The van der Waals surface area contributed by atoms with Gasteiger partial charge in [-0.05, 0) is 17.7 Å². The second-order valence-corrected chi connectivity index (χ2v) is 5.80. The van der Waals surface area contributed by atoms with Gasteiger partial charge in [0.25, 0.3) is 0 Å². The Labute approximate surface area is 135 Å². The second-order valence-electron chi connectivity index (χ2n) is 5.36. The third-order valence-electron chi connectivity index (χ3n) is 3.73. The van der Waals surface area contributed by atoms with Gasteiger partial charge in [-0.3, -0.25) is 0 Å². The number of aromatic nitrogens is 2. The van der Waals surface area contributed by atoms with Crippen LogP contribution < -0.4 is 15.1 Å². The fourth-order valence-electron chi connectivity index (χ4n) is 2.38. The lowest BCUT2D eigenvalue weighted by molar-refractivity contribution is 0.857.